The van der Waals surface area contributed by atoms with E-state index in [4.69, 9.17) is 0 Å². The highest BCUT2D eigenvalue weighted by Gasteiger charge is 2.26. The Bertz CT molecular complexity index is 509. The van der Waals surface area contributed by atoms with Crippen molar-refractivity contribution in [1.82, 2.24) is 14.9 Å². The van der Waals surface area contributed by atoms with Gasteiger partial charge in [-0.3, -0.25) is 4.79 Å². The van der Waals surface area contributed by atoms with E-state index in [-0.39, 0.29) is 5.56 Å². The first-order chi connectivity index (χ1) is 9.78. The van der Waals surface area contributed by atoms with E-state index in [1.807, 2.05) is 6.92 Å². The predicted molar refractivity (Wildman–Crippen MR) is 80.1 cm³/mol. The normalized spacial score (nSPS) is 23.1. The van der Waals surface area contributed by atoms with Crippen molar-refractivity contribution in [2.24, 2.45) is 5.92 Å². The van der Waals surface area contributed by atoms with Crippen molar-refractivity contribution in [3.8, 4) is 0 Å². The van der Waals surface area contributed by atoms with Crippen LogP contribution in [0.5, 0.6) is 0 Å². The molecule has 1 N–H and O–H groups in total. The van der Waals surface area contributed by atoms with Gasteiger partial charge in [-0.25, -0.2) is 4.98 Å². The smallest absolute Gasteiger partial charge is 0.293 e. The lowest BCUT2D eigenvalue weighted by molar-refractivity contribution is 0.388. The number of aromatic nitrogens is 2. The van der Waals surface area contributed by atoms with Gasteiger partial charge in [-0.05, 0) is 45.1 Å². The van der Waals surface area contributed by atoms with Gasteiger partial charge in [-0.2, -0.15) is 0 Å². The molecule has 1 aliphatic heterocycles. The van der Waals surface area contributed by atoms with Gasteiger partial charge in [0.2, 0.25) is 0 Å². The monoisotopic (exact) mass is 276 g/mol. The Morgan fingerprint density at radius 2 is 2.25 bits per heavy atom. The van der Waals surface area contributed by atoms with Crippen molar-refractivity contribution in [3.05, 3.63) is 22.7 Å². The quantitative estimate of drug-likeness (QED) is 0.879. The number of hydrogen-bond donors (Lipinski definition) is 1. The molecule has 2 heterocycles. The van der Waals surface area contributed by atoms with Gasteiger partial charge < -0.3 is 14.8 Å². The van der Waals surface area contributed by atoms with Gasteiger partial charge in [0.1, 0.15) is 0 Å². The fourth-order valence-electron chi connectivity index (χ4n) is 2.95. The number of aryl methyl sites for hydroxylation is 1. The second-order valence-corrected chi connectivity index (χ2v) is 5.98. The topological polar surface area (TPSA) is 50.2 Å². The molecule has 1 saturated heterocycles. The summed E-state index contributed by atoms with van der Waals surface area (Å²) in [6.07, 6.45) is 8.58. The zero-order valence-corrected chi connectivity index (χ0v) is 12.2. The van der Waals surface area contributed by atoms with E-state index >= 15 is 0 Å². The van der Waals surface area contributed by atoms with Gasteiger partial charge >= 0.3 is 0 Å². The molecule has 0 bridgehead atoms. The minimum Gasteiger partial charge on any atom is -0.352 e. The van der Waals surface area contributed by atoms with E-state index in [2.05, 4.69) is 15.2 Å². The molecule has 0 amide bonds. The number of piperidine rings is 1. The summed E-state index contributed by atoms with van der Waals surface area (Å²) in [6, 6.07) is 0.762. The molecule has 0 aromatic carbocycles. The SMILES string of the molecule is CCn1ccnc(N2CCCC(CNC3CC3)C2)c1=O. The molecular weight excluding hydrogens is 252 g/mol. The minimum atomic E-state index is 0.0470. The molecule has 2 aliphatic rings. The lowest BCUT2D eigenvalue weighted by atomic mass is 9.98. The molecule has 0 spiro atoms. The summed E-state index contributed by atoms with van der Waals surface area (Å²) in [6.45, 7) is 5.68. The van der Waals surface area contributed by atoms with Gasteiger partial charge in [0.05, 0.1) is 0 Å². The van der Waals surface area contributed by atoms with Crippen LogP contribution < -0.4 is 15.8 Å². The van der Waals surface area contributed by atoms with Crippen LogP contribution in [0.1, 0.15) is 32.6 Å². The predicted octanol–water partition coefficient (Wildman–Crippen LogP) is 1.23. The molecule has 1 saturated carbocycles. The van der Waals surface area contributed by atoms with Crippen LogP contribution in [-0.4, -0.2) is 35.2 Å². The lowest BCUT2D eigenvalue weighted by Gasteiger charge is -2.33. The molecule has 3 rings (SSSR count). The van der Waals surface area contributed by atoms with Crippen LogP contribution >= 0.6 is 0 Å². The Morgan fingerprint density at radius 1 is 1.40 bits per heavy atom. The maximum Gasteiger partial charge on any atom is 0.293 e. The Hall–Kier alpha value is -1.36. The van der Waals surface area contributed by atoms with Gasteiger partial charge in [0.25, 0.3) is 5.56 Å². The second-order valence-electron chi connectivity index (χ2n) is 5.98. The molecule has 0 radical (unpaired) electrons. The summed E-state index contributed by atoms with van der Waals surface area (Å²) in [7, 11) is 0. The summed E-state index contributed by atoms with van der Waals surface area (Å²) >= 11 is 0. The lowest BCUT2D eigenvalue weighted by Crippen LogP contribution is -2.43. The van der Waals surface area contributed by atoms with Crippen molar-refractivity contribution in [2.45, 2.75) is 45.2 Å². The summed E-state index contributed by atoms with van der Waals surface area (Å²) < 4.78 is 1.73. The van der Waals surface area contributed by atoms with Crippen LogP contribution in [0.15, 0.2) is 17.2 Å². The maximum atomic E-state index is 12.3. The first-order valence-corrected chi connectivity index (χ1v) is 7.81. The highest BCUT2D eigenvalue weighted by Crippen LogP contribution is 2.22. The highest BCUT2D eigenvalue weighted by atomic mass is 16.1. The van der Waals surface area contributed by atoms with E-state index < -0.39 is 0 Å². The third-order valence-corrected chi connectivity index (χ3v) is 4.33. The van der Waals surface area contributed by atoms with E-state index in [1.54, 1.807) is 17.0 Å². The van der Waals surface area contributed by atoms with Crippen LogP contribution in [0, 0.1) is 5.92 Å². The van der Waals surface area contributed by atoms with E-state index in [0.29, 0.717) is 18.3 Å². The zero-order chi connectivity index (χ0) is 13.9. The average molecular weight is 276 g/mol. The number of nitrogens with zero attached hydrogens (tertiary/aromatic N) is 3. The van der Waals surface area contributed by atoms with Crippen molar-refractivity contribution >= 4 is 5.82 Å². The molecule has 1 unspecified atom stereocenters. The maximum absolute atomic E-state index is 12.3. The van der Waals surface area contributed by atoms with Crippen LogP contribution in [0.25, 0.3) is 0 Å². The summed E-state index contributed by atoms with van der Waals surface area (Å²) in [5, 5.41) is 3.61. The summed E-state index contributed by atoms with van der Waals surface area (Å²) in [5.41, 5.74) is 0.0470. The van der Waals surface area contributed by atoms with Crippen molar-refractivity contribution in [3.63, 3.8) is 0 Å². The van der Waals surface area contributed by atoms with E-state index in [1.165, 1.54) is 19.3 Å². The molecule has 2 fully saturated rings. The fraction of sp³-hybridized carbons (Fsp3) is 0.733. The molecule has 1 atom stereocenters. The molecule has 1 aromatic heterocycles. The van der Waals surface area contributed by atoms with Gasteiger partial charge in [0.15, 0.2) is 5.82 Å². The molecule has 5 heteroatoms. The molecule has 110 valence electrons. The highest BCUT2D eigenvalue weighted by molar-refractivity contribution is 5.36. The standard InChI is InChI=1S/C15H24N4O/c1-2-18-9-7-16-14(15(18)20)19-8-3-4-12(11-19)10-17-13-5-6-13/h7,9,12-13,17H,2-6,8,10-11H2,1H3. The van der Waals surface area contributed by atoms with E-state index in [0.717, 1.165) is 32.1 Å². The van der Waals surface area contributed by atoms with Crippen molar-refractivity contribution in [2.75, 3.05) is 24.5 Å². The zero-order valence-electron chi connectivity index (χ0n) is 12.2. The average Bonchev–Trinajstić information content (AvgIpc) is 3.30. The molecular formula is C15H24N4O. The Morgan fingerprint density at radius 3 is 3.00 bits per heavy atom. The van der Waals surface area contributed by atoms with E-state index in [9.17, 15) is 4.79 Å². The summed E-state index contributed by atoms with van der Waals surface area (Å²) in [4.78, 5) is 18.8. The molecule has 1 aliphatic carbocycles. The number of hydrogen-bond acceptors (Lipinski definition) is 4. The number of nitrogens with one attached hydrogen (secondary N) is 1. The van der Waals surface area contributed by atoms with Crippen LogP contribution in [0.2, 0.25) is 0 Å². The van der Waals surface area contributed by atoms with Crippen LogP contribution in [0.4, 0.5) is 5.82 Å². The minimum absolute atomic E-state index is 0.0470. The van der Waals surface area contributed by atoms with Crippen LogP contribution in [0.3, 0.4) is 0 Å². The largest absolute Gasteiger partial charge is 0.352 e. The third kappa shape index (κ3) is 3.03. The first-order valence-electron chi connectivity index (χ1n) is 7.81. The Balaban J connectivity index is 1.67. The fourth-order valence-corrected chi connectivity index (χ4v) is 2.95. The summed E-state index contributed by atoms with van der Waals surface area (Å²) in [5.74, 6) is 1.27. The van der Waals surface area contributed by atoms with Gasteiger partial charge in [-0.1, -0.05) is 0 Å². The van der Waals surface area contributed by atoms with Gasteiger partial charge in [-0.15, -0.1) is 0 Å². The second kappa shape index (κ2) is 5.95. The van der Waals surface area contributed by atoms with Gasteiger partial charge in [0, 0.05) is 38.1 Å². The van der Waals surface area contributed by atoms with Crippen molar-refractivity contribution in [1.29, 1.82) is 0 Å². The third-order valence-electron chi connectivity index (χ3n) is 4.33. The number of anilines is 1. The Kier molecular flexibility index (Phi) is 4.05. The van der Waals surface area contributed by atoms with Crippen molar-refractivity contribution < 1.29 is 0 Å². The number of rotatable bonds is 5. The molecule has 5 nitrogen and oxygen atoms in total. The molecule has 20 heavy (non-hydrogen) atoms. The first kappa shape index (κ1) is 13.6. The molecule has 1 aromatic rings. The van der Waals surface area contributed by atoms with Crippen LogP contribution in [-0.2, 0) is 6.54 Å². The Labute approximate surface area is 120 Å².